The van der Waals surface area contributed by atoms with Crippen LogP contribution in [0.1, 0.15) is 13.8 Å². The zero-order valence-corrected chi connectivity index (χ0v) is 13.9. The Bertz CT molecular complexity index is 258. The van der Waals surface area contributed by atoms with Crippen LogP contribution in [-0.4, -0.2) is 0 Å². The summed E-state index contributed by atoms with van der Waals surface area (Å²) in [5.74, 6) is 2.07. The quantitative estimate of drug-likeness (QED) is 0.269. The van der Waals surface area contributed by atoms with E-state index in [2.05, 4.69) is 39.5 Å². The summed E-state index contributed by atoms with van der Waals surface area (Å²) in [6.45, 7) is 4.41. The third kappa shape index (κ3) is 25.5. The van der Waals surface area contributed by atoms with Gasteiger partial charge < -0.3 is 0 Å². The van der Waals surface area contributed by atoms with Gasteiger partial charge in [-0.3, -0.25) is 0 Å². The summed E-state index contributed by atoms with van der Waals surface area (Å²) in [5.41, 5.74) is 0. The summed E-state index contributed by atoms with van der Waals surface area (Å²) in [4.78, 5) is 0. The van der Waals surface area contributed by atoms with Crippen LogP contribution in [0.15, 0.2) is 0 Å². The molecule has 0 N–H and O–H groups in total. The van der Waals surface area contributed by atoms with E-state index < -0.39 is 7.81 Å². The Morgan fingerprint density at radius 2 is 0.864 bits per heavy atom. The molecule has 2 aliphatic carbocycles. The summed E-state index contributed by atoms with van der Waals surface area (Å²) in [6.07, 6.45) is 20.5. The Morgan fingerprint density at radius 3 is 1.05 bits per heavy atom. The van der Waals surface area contributed by atoms with E-state index in [1.54, 1.807) is 0 Å². The van der Waals surface area contributed by atoms with Gasteiger partial charge in [0.05, 0.1) is 0 Å². The van der Waals surface area contributed by atoms with Crippen molar-refractivity contribution in [3.05, 3.63) is 70.1 Å². The first-order valence-electron chi connectivity index (χ1n) is 6.03. The molecule has 0 heterocycles. The van der Waals surface area contributed by atoms with E-state index in [0.717, 1.165) is 0 Å². The van der Waals surface area contributed by atoms with Gasteiger partial charge in [-0.2, -0.15) is 0 Å². The molecule has 2 fully saturated rings. The first-order valence-corrected chi connectivity index (χ1v) is 8.06. The smallest absolute Gasteiger partial charge is 0.0312 e. The summed E-state index contributed by atoms with van der Waals surface area (Å²) >= 11 is 0. The maximum Gasteiger partial charge on any atom is 3.00 e. The molecule has 0 atom stereocenters. The molecule has 2 saturated carbocycles. The minimum Gasteiger partial charge on any atom is -0.0312 e. The molecule has 2 aliphatic rings. The Kier molecular flexibility index (Phi) is 10.3. The first-order chi connectivity index (χ1) is 9.25. The van der Waals surface area contributed by atoms with Crippen LogP contribution in [0.2, 0.25) is 0 Å². The molecule has 126 valence electrons. The van der Waals surface area contributed by atoms with Gasteiger partial charge in [0, 0.05) is 0 Å². The van der Waals surface area contributed by atoms with Gasteiger partial charge in [0.1, 0.15) is 0 Å². The van der Waals surface area contributed by atoms with E-state index in [1.165, 1.54) is 5.92 Å². The van der Waals surface area contributed by atoms with Crippen molar-refractivity contribution >= 4 is 7.81 Å². The number of halogens is 6. The maximum absolute atomic E-state index is 10.7. The van der Waals surface area contributed by atoms with Gasteiger partial charge in [0.2, 0.25) is 0 Å². The predicted molar refractivity (Wildman–Crippen MR) is 74.6 cm³/mol. The standard InChI is InChI=1S/C9H12.C5H5.F6P.Fe/c1-8(2)9-6-4-3-5-7-9;1-2-4-5-3-1;1-7(2,3,4,5)6;/h3-8H,1-2H3;1-5H;;/q;;-1;+3. The van der Waals surface area contributed by atoms with Gasteiger partial charge in [-0.15, -0.1) is 0 Å². The minimum absolute atomic E-state index is 0. The minimum atomic E-state index is -10.7. The van der Waals surface area contributed by atoms with E-state index in [9.17, 15) is 25.2 Å². The number of hydrogen-bond donors (Lipinski definition) is 0. The van der Waals surface area contributed by atoms with Crippen LogP contribution in [0.4, 0.5) is 25.2 Å². The molecule has 0 unspecified atom stereocenters. The molecule has 0 aromatic rings. The van der Waals surface area contributed by atoms with E-state index in [-0.39, 0.29) is 17.1 Å². The Hall–Kier alpha value is 0.529. The van der Waals surface area contributed by atoms with Crippen LogP contribution in [-0.2, 0) is 17.1 Å². The van der Waals surface area contributed by atoms with Crippen LogP contribution in [0.3, 0.4) is 0 Å². The topological polar surface area (TPSA) is 0 Å². The molecule has 0 aromatic heterocycles. The maximum atomic E-state index is 9.87. The van der Waals surface area contributed by atoms with Crippen molar-refractivity contribution < 1.29 is 42.3 Å². The number of rotatable bonds is 1. The molecule has 2 rings (SSSR count). The fraction of sp³-hybridized carbons (Fsp3) is 0.214. The molecule has 0 spiro atoms. The zero-order valence-electron chi connectivity index (χ0n) is 11.9. The largest absolute Gasteiger partial charge is 3.00 e. The second-order valence-electron chi connectivity index (χ2n) is 4.49. The number of hydrogen-bond acceptors (Lipinski definition) is 0. The average Bonchev–Trinajstić information content (AvgIpc) is 2.84. The third-order valence-electron chi connectivity index (χ3n) is 2.02. The summed E-state index contributed by atoms with van der Waals surface area (Å²) < 4.78 is 59.2. The third-order valence-corrected chi connectivity index (χ3v) is 2.02. The van der Waals surface area contributed by atoms with Crippen LogP contribution >= 0.6 is 7.81 Å². The van der Waals surface area contributed by atoms with Gasteiger partial charge in [-0.25, -0.2) is 0 Å². The van der Waals surface area contributed by atoms with E-state index in [1.807, 2.05) is 38.5 Å². The molecule has 0 aliphatic heterocycles. The molecule has 0 nitrogen and oxygen atoms in total. The summed E-state index contributed by atoms with van der Waals surface area (Å²) in [5, 5.41) is 0. The van der Waals surface area contributed by atoms with Crippen LogP contribution < -0.4 is 0 Å². The van der Waals surface area contributed by atoms with Crippen molar-refractivity contribution in [1.29, 1.82) is 0 Å². The molecule has 0 saturated heterocycles. The fourth-order valence-electron chi connectivity index (χ4n) is 1.16. The second-order valence-corrected chi connectivity index (χ2v) is 6.40. The van der Waals surface area contributed by atoms with Crippen molar-refractivity contribution in [1.82, 2.24) is 0 Å². The second kappa shape index (κ2) is 9.13. The van der Waals surface area contributed by atoms with Crippen molar-refractivity contribution in [3.8, 4) is 0 Å². The van der Waals surface area contributed by atoms with Gasteiger partial charge in [0.15, 0.2) is 0 Å². The van der Waals surface area contributed by atoms with Gasteiger partial charge in [-0.05, 0) is 76.0 Å². The van der Waals surface area contributed by atoms with Crippen LogP contribution in [0.5, 0.6) is 0 Å². The van der Waals surface area contributed by atoms with Gasteiger partial charge >= 0.3 is 50.1 Å². The molecule has 22 heavy (non-hydrogen) atoms. The first kappa shape index (κ1) is 24.8. The van der Waals surface area contributed by atoms with Crippen molar-refractivity contribution in [2.75, 3.05) is 0 Å². The Labute approximate surface area is 140 Å². The molecule has 12 radical (unpaired) electrons. The zero-order chi connectivity index (χ0) is 16.6. The molecule has 0 amide bonds. The fourth-order valence-corrected chi connectivity index (χ4v) is 1.16. The van der Waals surface area contributed by atoms with Crippen molar-refractivity contribution in [2.24, 2.45) is 5.92 Å². The molecular formula is C14H17F6FeP+2. The van der Waals surface area contributed by atoms with E-state index >= 15 is 0 Å². The molecule has 0 bridgehead atoms. The Morgan fingerprint density at radius 1 is 0.636 bits per heavy atom. The normalized spacial score (nSPS) is 22.2. The summed E-state index contributed by atoms with van der Waals surface area (Å²) in [7, 11) is -10.7. The molecule has 0 aromatic carbocycles. The average molecular weight is 386 g/mol. The Balaban J connectivity index is 0. The van der Waals surface area contributed by atoms with Crippen LogP contribution in [0, 0.1) is 76.0 Å². The molecular weight excluding hydrogens is 369 g/mol. The van der Waals surface area contributed by atoms with E-state index in [4.69, 9.17) is 0 Å². The van der Waals surface area contributed by atoms with Gasteiger partial charge in [-0.1, -0.05) is 13.8 Å². The van der Waals surface area contributed by atoms with E-state index in [0.29, 0.717) is 5.92 Å². The SMILES string of the molecule is CC(C)[C]1[CH][CH][CH][CH][CH]1.F[P-](F)(F)(F)(F)F.[CH]1[CH][CH][CH][CH]1.[Fe+3]. The van der Waals surface area contributed by atoms with Crippen molar-refractivity contribution in [2.45, 2.75) is 13.8 Å². The predicted octanol–water partition coefficient (Wildman–Crippen LogP) is 6.65. The van der Waals surface area contributed by atoms with Crippen LogP contribution in [0.25, 0.3) is 0 Å². The van der Waals surface area contributed by atoms with Gasteiger partial charge in [0.25, 0.3) is 0 Å². The summed E-state index contributed by atoms with van der Waals surface area (Å²) in [6, 6.07) is 0. The monoisotopic (exact) mass is 386 g/mol. The van der Waals surface area contributed by atoms with Crippen molar-refractivity contribution in [3.63, 3.8) is 0 Å². The molecule has 8 heteroatoms.